The van der Waals surface area contributed by atoms with E-state index in [1.807, 2.05) is 36.4 Å². The molecule has 12 nitrogen and oxygen atoms in total. The van der Waals surface area contributed by atoms with Gasteiger partial charge in [0.2, 0.25) is 5.28 Å². The van der Waals surface area contributed by atoms with Crippen molar-refractivity contribution in [1.29, 1.82) is 0 Å². The van der Waals surface area contributed by atoms with Crippen molar-refractivity contribution in [2.45, 2.75) is 50.1 Å². The molecule has 0 aliphatic carbocycles. The summed E-state index contributed by atoms with van der Waals surface area (Å²) in [6.07, 6.45) is -1.94. The summed E-state index contributed by atoms with van der Waals surface area (Å²) in [4.78, 5) is 29.5. The Kier molecular flexibility index (Phi) is 9.02. The summed E-state index contributed by atoms with van der Waals surface area (Å²) in [6.45, 7) is 4.01. The first kappa shape index (κ1) is 29.8. The number of carbonyl (C=O) groups is 1. The number of carboxylic acids is 1. The van der Waals surface area contributed by atoms with E-state index in [4.69, 9.17) is 25.8 Å². The Balaban J connectivity index is 0.000000830. The molecule has 0 saturated carbocycles. The van der Waals surface area contributed by atoms with Crippen LogP contribution in [0.25, 0.3) is 11.2 Å². The Hall–Kier alpha value is -3.65. The number of benzene rings is 2. The van der Waals surface area contributed by atoms with Crippen LogP contribution in [0.1, 0.15) is 37.1 Å². The van der Waals surface area contributed by atoms with Crippen LogP contribution >= 0.6 is 11.6 Å². The number of hydrogen-bond donors (Lipinski definition) is 3. The average molecular weight is 597 g/mol. The van der Waals surface area contributed by atoms with E-state index in [9.17, 15) is 9.90 Å². The second-order valence-corrected chi connectivity index (χ2v) is 10.5. The fraction of sp³-hybridized carbons (Fsp3) is 0.379. The summed E-state index contributed by atoms with van der Waals surface area (Å²) >= 11 is 6.35. The van der Waals surface area contributed by atoms with Gasteiger partial charge < -0.3 is 29.5 Å². The predicted octanol–water partition coefficient (Wildman–Crippen LogP) is 3.99. The highest BCUT2D eigenvalue weighted by atomic mass is 35.5. The predicted molar refractivity (Wildman–Crippen MR) is 155 cm³/mol. The fourth-order valence-electron chi connectivity index (χ4n) is 5.20. The van der Waals surface area contributed by atoms with E-state index in [0.717, 1.165) is 11.1 Å². The molecule has 4 atom stereocenters. The number of nitrogens with zero attached hydrogens (tertiary/aromatic N) is 4. The number of imidazole rings is 1. The lowest BCUT2D eigenvalue weighted by Gasteiger charge is -2.23. The second-order valence-electron chi connectivity index (χ2n) is 10.2. The third kappa shape index (κ3) is 6.24. The normalized spacial score (nSPS) is 22.5. The third-order valence-electron chi connectivity index (χ3n) is 7.02. The number of aliphatic carboxylic acids is 1. The van der Waals surface area contributed by atoms with Crippen LogP contribution in [0, 0.1) is 0 Å². The standard InChI is InChI=1S/C27H26ClN5O5.C2H7NO/c1-27(2)37-19-20(38-27)24(36-21(19)25(34)35)33-14-30-18-22(31-26(28)32-23(18)33)29-13-17(15-9-5-3-6-10-15)16-11-7-4-8-12-16;1-3-4-2/h3-12,14,17,19-21,24H,13H2,1-2H3,(H,34,35)(H,29,31,32);3H,1-2H3/t19-,20+,21-,24+;/m0./s1. The Morgan fingerprint density at radius 1 is 1.07 bits per heavy atom. The van der Waals surface area contributed by atoms with Crippen molar-refractivity contribution in [1.82, 2.24) is 25.0 Å². The van der Waals surface area contributed by atoms with E-state index in [-0.39, 0.29) is 11.2 Å². The molecule has 42 heavy (non-hydrogen) atoms. The number of hydroxylamine groups is 1. The van der Waals surface area contributed by atoms with Gasteiger partial charge in [-0.25, -0.2) is 15.3 Å². The van der Waals surface area contributed by atoms with Gasteiger partial charge in [-0.15, -0.1) is 0 Å². The smallest absolute Gasteiger partial charge is 0.335 e. The number of halogens is 1. The number of nitrogens with one attached hydrogen (secondary N) is 2. The van der Waals surface area contributed by atoms with Crippen molar-refractivity contribution in [2.75, 3.05) is 26.0 Å². The largest absolute Gasteiger partial charge is 0.479 e. The van der Waals surface area contributed by atoms with Gasteiger partial charge in [0.15, 0.2) is 35.1 Å². The van der Waals surface area contributed by atoms with Gasteiger partial charge >= 0.3 is 5.97 Å². The van der Waals surface area contributed by atoms with Gasteiger partial charge in [0.1, 0.15) is 12.2 Å². The monoisotopic (exact) mass is 596 g/mol. The molecular weight excluding hydrogens is 564 g/mol. The van der Waals surface area contributed by atoms with Gasteiger partial charge in [0, 0.05) is 19.5 Å². The van der Waals surface area contributed by atoms with Crippen molar-refractivity contribution in [2.24, 2.45) is 0 Å². The summed E-state index contributed by atoms with van der Waals surface area (Å²) in [5.74, 6) is -1.57. The van der Waals surface area contributed by atoms with Crippen LogP contribution in [0.5, 0.6) is 0 Å². The van der Waals surface area contributed by atoms with E-state index >= 15 is 0 Å². The summed E-state index contributed by atoms with van der Waals surface area (Å²) in [5.41, 5.74) is 5.61. The number of anilines is 1. The molecule has 0 spiro atoms. The van der Waals surface area contributed by atoms with Crippen LogP contribution in [-0.4, -0.2) is 75.4 Å². The molecule has 2 saturated heterocycles. The van der Waals surface area contributed by atoms with E-state index in [1.165, 1.54) is 6.33 Å². The minimum Gasteiger partial charge on any atom is -0.479 e. The molecule has 0 radical (unpaired) electrons. The zero-order valence-electron chi connectivity index (χ0n) is 23.6. The molecule has 2 fully saturated rings. The molecule has 0 amide bonds. The lowest BCUT2D eigenvalue weighted by atomic mass is 9.91. The summed E-state index contributed by atoms with van der Waals surface area (Å²) in [7, 11) is 3.28. The number of fused-ring (bicyclic) bond motifs is 2. The second kappa shape index (κ2) is 12.7. The molecule has 2 aliphatic rings. The molecule has 6 rings (SSSR count). The first-order valence-electron chi connectivity index (χ1n) is 13.4. The molecule has 0 unspecified atom stereocenters. The summed E-state index contributed by atoms with van der Waals surface area (Å²) in [5, 5.41) is 13.1. The number of carboxylic acid groups (broad SMARTS) is 1. The minimum absolute atomic E-state index is 0.0194. The van der Waals surface area contributed by atoms with Crippen LogP contribution < -0.4 is 10.8 Å². The summed E-state index contributed by atoms with van der Waals surface area (Å²) < 4.78 is 19.4. The van der Waals surface area contributed by atoms with Gasteiger partial charge in [-0.3, -0.25) is 4.57 Å². The zero-order chi connectivity index (χ0) is 29.9. The van der Waals surface area contributed by atoms with Crippen LogP contribution in [0.4, 0.5) is 5.82 Å². The zero-order valence-corrected chi connectivity index (χ0v) is 24.4. The number of aromatic nitrogens is 4. The van der Waals surface area contributed by atoms with Crippen molar-refractivity contribution in [3.63, 3.8) is 0 Å². The van der Waals surface area contributed by atoms with Gasteiger partial charge in [-0.1, -0.05) is 60.7 Å². The number of hydrogen-bond acceptors (Lipinski definition) is 10. The first-order chi connectivity index (χ1) is 20.2. The van der Waals surface area contributed by atoms with Crippen LogP contribution in [0.2, 0.25) is 5.28 Å². The topological polar surface area (TPSA) is 142 Å². The van der Waals surface area contributed by atoms with Crippen LogP contribution in [-0.2, 0) is 23.8 Å². The van der Waals surface area contributed by atoms with E-state index in [1.54, 1.807) is 32.6 Å². The molecule has 2 aromatic carbocycles. The maximum absolute atomic E-state index is 11.9. The number of ether oxygens (including phenoxy) is 3. The van der Waals surface area contributed by atoms with Gasteiger partial charge in [0.25, 0.3) is 0 Å². The molecule has 4 heterocycles. The summed E-state index contributed by atoms with van der Waals surface area (Å²) in [6, 6.07) is 20.4. The molecular formula is C29H33ClN6O6. The van der Waals surface area contributed by atoms with E-state index in [2.05, 4.69) is 54.9 Å². The highest BCUT2D eigenvalue weighted by Crippen LogP contribution is 2.44. The lowest BCUT2D eigenvalue weighted by molar-refractivity contribution is -0.202. The number of rotatable bonds is 8. The molecule has 222 valence electrons. The maximum Gasteiger partial charge on any atom is 0.335 e. The van der Waals surface area contributed by atoms with Gasteiger partial charge in [-0.2, -0.15) is 9.97 Å². The fourth-order valence-corrected chi connectivity index (χ4v) is 5.36. The molecule has 13 heteroatoms. The SMILES string of the molecule is CC1(C)O[C@@H]2[C@H](O1)[C@@H](C(=O)O)O[C@H]2n1cnc2c(NCC(c3ccccc3)c3ccccc3)nc(Cl)nc21.CNOC. The Labute approximate surface area is 247 Å². The lowest BCUT2D eigenvalue weighted by Crippen LogP contribution is -2.35. The van der Waals surface area contributed by atoms with Crippen molar-refractivity contribution >= 4 is 34.6 Å². The van der Waals surface area contributed by atoms with Gasteiger partial charge in [-0.05, 0) is 36.6 Å². The Bertz CT molecular complexity index is 1460. The quantitative estimate of drug-likeness (QED) is 0.201. The van der Waals surface area contributed by atoms with Crippen LogP contribution in [0.3, 0.4) is 0 Å². The first-order valence-corrected chi connectivity index (χ1v) is 13.8. The Morgan fingerprint density at radius 3 is 2.24 bits per heavy atom. The highest BCUT2D eigenvalue weighted by Gasteiger charge is 2.58. The molecule has 0 bridgehead atoms. The highest BCUT2D eigenvalue weighted by molar-refractivity contribution is 6.28. The molecule has 2 aliphatic heterocycles. The van der Waals surface area contributed by atoms with E-state index in [0.29, 0.717) is 23.5 Å². The van der Waals surface area contributed by atoms with E-state index < -0.39 is 36.3 Å². The molecule has 4 aromatic rings. The Morgan fingerprint density at radius 2 is 1.67 bits per heavy atom. The van der Waals surface area contributed by atoms with Crippen LogP contribution in [0.15, 0.2) is 67.0 Å². The van der Waals surface area contributed by atoms with Crippen molar-refractivity contribution < 1.29 is 28.9 Å². The van der Waals surface area contributed by atoms with Gasteiger partial charge in [0.05, 0.1) is 13.4 Å². The molecule has 3 N–H and O–H groups in total. The maximum atomic E-state index is 11.9. The van der Waals surface area contributed by atoms with Crippen molar-refractivity contribution in [3.8, 4) is 0 Å². The molecule has 2 aromatic heterocycles. The average Bonchev–Trinajstić information content (AvgIpc) is 3.64. The minimum atomic E-state index is -1.20. The van der Waals surface area contributed by atoms with Crippen molar-refractivity contribution in [3.05, 3.63) is 83.4 Å². The third-order valence-corrected chi connectivity index (χ3v) is 7.19.